The molecule has 0 atom stereocenters. The minimum absolute atomic E-state index is 0.0830. The van der Waals surface area contributed by atoms with Gasteiger partial charge in [0.25, 0.3) is 11.8 Å². The van der Waals surface area contributed by atoms with E-state index in [0.29, 0.717) is 17.4 Å². The van der Waals surface area contributed by atoms with E-state index in [2.05, 4.69) is 15.4 Å². The second-order valence-corrected chi connectivity index (χ2v) is 8.21. The molecule has 0 saturated heterocycles. The molecule has 8 nitrogen and oxygen atoms in total. The first-order valence-corrected chi connectivity index (χ1v) is 10.5. The van der Waals surface area contributed by atoms with E-state index in [9.17, 15) is 31.5 Å². The molecule has 0 saturated carbocycles. The molecule has 0 radical (unpaired) electrons. The summed E-state index contributed by atoms with van der Waals surface area (Å²) >= 11 is 0.619. The highest BCUT2D eigenvalue weighted by atomic mass is 32.1. The maximum absolute atomic E-state index is 13.7. The molecule has 2 amide bonds. The number of pyridine rings is 1. The molecule has 35 heavy (non-hydrogen) atoms. The fraction of sp³-hybridized carbons (Fsp3) is 0.143. The third kappa shape index (κ3) is 4.91. The second kappa shape index (κ2) is 8.94. The summed E-state index contributed by atoms with van der Waals surface area (Å²) in [5, 5.41) is 6.58. The van der Waals surface area contributed by atoms with Crippen LogP contribution in [-0.4, -0.2) is 26.6 Å². The van der Waals surface area contributed by atoms with Crippen LogP contribution in [0, 0.1) is 18.6 Å². The summed E-state index contributed by atoms with van der Waals surface area (Å²) in [7, 11) is 0. The quantitative estimate of drug-likeness (QED) is 0.371. The van der Waals surface area contributed by atoms with Crippen LogP contribution in [0.5, 0.6) is 5.75 Å². The van der Waals surface area contributed by atoms with Crippen molar-refractivity contribution in [2.24, 2.45) is 5.73 Å². The Hall–Kier alpha value is -4.07. The Morgan fingerprint density at radius 1 is 1.20 bits per heavy atom. The number of carbonyl (C=O) groups is 2. The summed E-state index contributed by atoms with van der Waals surface area (Å²) in [5.41, 5.74) is 4.13. The molecule has 3 N–H and O–H groups in total. The average Bonchev–Trinajstić information content (AvgIpc) is 3.38. The number of alkyl halides is 3. The van der Waals surface area contributed by atoms with Crippen molar-refractivity contribution in [3.05, 3.63) is 70.0 Å². The monoisotopic (exact) mass is 511 g/mol. The van der Waals surface area contributed by atoms with Crippen LogP contribution in [-0.2, 0) is 12.9 Å². The largest absolute Gasteiger partial charge is 0.468 e. The molecular weight excluding hydrogens is 497 g/mol. The van der Waals surface area contributed by atoms with Gasteiger partial charge in [0.2, 0.25) is 0 Å². The topological polar surface area (TPSA) is 112 Å². The Kier molecular flexibility index (Phi) is 6.15. The minimum atomic E-state index is -4.70. The maximum Gasteiger partial charge on any atom is 0.433 e. The Balaban J connectivity index is 1.58. The van der Waals surface area contributed by atoms with E-state index in [0.717, 1.165) is 22.9 Å². The van der Waals surface area contributed by atoms with Crippen LogP contribution in [0.3, 0.4) is 0 Å². The molecule has 0 unspecified atom stereocenters. The standard InChI is InChI=1S/C21H14F5N5O3S/c1-9-6-14(21(24,25)26)28-20-15(9)16(17(35-20)18(27)32)29-19(33)12-4-5-31(30-12)8-34-13-3-2-10(22)7-11(13)23/h2-7H,8H2,1H3,(H2,27,32)(H,29,33). The summed E-state index contributed by atoms with van der Waals surface area (Å²) in [4.78, 5) is 27.9. The summed E-state index contributed by atoms with van der Waals surface area (Å²) < 4.78 is 72.4. The highest BCUT2D eigenvalue weighted by Gasteiger charge is 2.34. The summed E-state index contributed by atoms with van der Waals surface area (Å²) in [6.45, 7) is 1.07. The van der Waals surface area contributed by atoms with Gasteiger partial charge < -0.3 is 15.8 Å². The number of anilines is 1. The number of nitrogens with one attached hydrogen (secondary N) is 1. The third-order valence-electron chi connectivity index (χ3n) is 4.73. The number of benzene rings is 1. The lowest BCUT2D eigenvalue weighted by Gasteiger charge is -2.09. The van der Waals surface area contributed by atoms with Gasteiger partial charge in [-0.25, -0.2) is 18.4 Å². The molecule has 4 aromatic rings. The second-order valence-electron chi connectivity index (χ2n) is 7.22. The Morgan fingerprint density at radius 3 is 2.60 bits per heavy atom. The van der Waals surface area contributed by atoms with Crippen LogP contribution in [0.25, 0.3) is 10.2 Å². The lowest BCUT2D eigenvalue weighted by atomic mass is 10.1. The molecule has 0 aliphatic heterocycles. The number of hydrogen-bond donors (Lipinski definition) is 2. The van der Waals surface area contributed by atoms with Gasteiger partial charge in [0.1, 0.15) is 21.2 Å². The van der Waals surface area contributed by atoms with Crippen molar-refractivity contribution in [2.75, 3.05) is 5.32 Å². The van der Waals surface area contributed by atoms with E-state index in [1.807, 2.05) is 0 Å². The van der Waals surface area contributed by atoms with Gasteiger partial charge in [0.05, 0.1) is 5.69 Å². The molecule has 4 rings (SSSR count). The normalized spacial score (nSPS) is 11.6. The smallest absolute Gasteiger partial charge is 0.433 e. The van der Waals surface area contributed by atoms with E-state index in [1.165, 1.54) is 19.2 Å². The number of aryl methyl sites for hydroxylation is 1. The molecule has 0 aliphatic carbocycles. The highest BCUT2D eigenvalue weighted by Crippen LogP contribution is 2.39. The number of ether oxygens (including phenoxy) is 1. The zero-order valence-corrected chi connectivity index (χ0v) is 18.4. The first-order chi connectivity index (χ1) is 16.4. The van der Waals surface area contributed by atoms with Crippen molar-refractivity contribution in [3.63, 3.8) is 0 Å². The fourth-order valence-corrected chi connectivity index (χ4v) is 4.24. The van der Waals surface area contributed by atoms with Crippen LogP contribution in [0.2, 0.25) is 0 Å². The molecule has 0 fully saturated rings. The van der Waals surface area contributed by atoms with Crippen molar-refractivity contribution < 1.29 is 36.3 Å². The van der Waals surface area contributed by atoms with Gasteiger partial charge >= 0.3 is 6.18 Å². The van der Waals surface area contributed by atoms with Crippen molar-refractivity contribution in [1.29, 1.82) is 0 Å². The predicted molar refractivity (Wildman–Crippen MR) is 115 cm³/mol. The summed E-state index contributed by atoms with van der Waals surface area (Å²) in [6, 6.07) is 4.85. The third-order valence-corrected chi connectivity index (χ3v) is 5.83. The fourth-order valence-electron chi connectivity index (χ4n) is 3.18. The number of rotatable bonds is 6. The van der Waals surface area contributed by atoms with Crippen LogP contribution in [0.15, 0.2) is 36.5 Å². The van der Waals surface area contributed by atoms with E-state index in [-0.39, 0.29) is 44.5 Å². The number of halogens is 5. The Morgan fingerprint density at radius 2 is 1.94 bits per heavy atom. The highest BCUT2D eigenvalue weighted by molar-refractivity contribution is 7.21. The van der Waals surface area contributed by atoms with Crippen molar-refractivity contribution in [2.45, 2.75) is 19.8 Å². The van der Waals surface area contributed by atoms with Gasteiger partial charge in [-0.15, -0.1) is 11.3 Å². The van der Waals surface area contributed by atoms with E-state index < -0.39 is 35.3 Å². The van der Waals surface area contributed by atoms with E-state index >= 15 is 0 Å². The zero-order chi connectivity index (χ0) is 25.5. The lowest BCUT2D eigenvalue weighted by Crippen LogP contribution is -2.18. The minimum Gasteiger partial charge on any atom is -0.468 e. The van der Waals surface area contributed by atoms with Gasteiger partial charge in [-0.3, -0.25) is 9.59 Å². The van der Waals surface area contributed by atoms with Gasteiger partial charge in [-0.1, -0.05) is 0 Å². The molecular formula is C21H14F5N5O3S. The summed E-state index contributed by atoms with van der Waals surface area (Å²) in [5.74, 6) is -3.68. The number of amides is 2. The molecule has 3 heterocycles. The number of carbonyl (C=O) groups excluding carboxylic acids is 2. The SMILES string of the molecule is Cc1cc(C(F)(F)F)nc2sc(C(N)=O)c(NC(=O)c3ccn(COc4ccc(F)cc4F)n3)c12. The number of fused-ring (bicyclic) bond motifs is 1. The zero-order valence-electron chi connectivity index (χ0n) is 17.6. The maximum atomic E-state index is 13.7. The number of primary amides is 1. The van der Waals surface area contributed by atoms with Crippen LogP contribution < -0.4 is 15.8 Å². The van der Waals surface area contributed by atoms with Crippen molar-refractivity contribution >= 4 is 39.1 Å². The Labute approximate surface area is 197 Å². The van der Waals surface area contributed by atoms with Gasteiger partial charge in [0, 0.05) is 17.6 Å². The summed E-state index contributed by atoms with van der Waals surface area (Å²) in [6.07, 6.45) is -3.36. The molecule has 182 valence electrons. The van der Waals surface area contributed by atoms with Gasteiger partial charge in [-0.2, -0.15) is 18.3 Å². The molecule has 0 spiro atoms. The average molecular weight is 511 g/mol. The Bertz CT molecular complexity index is 1460. The lowest BCUT2D eigenvalue weighted by molar-refractivity contribution is -0.141. The van der Waals surface area contributed by atoms with E-state index in [4.69, 9.17) is 10.5 Å². The number of nitrogens with zero attached hydrogens (tertiary/aromatic N) is 3. The van der Waals surface area contributed by atoms with Crippen LogP contribution in [0.1, 0.15) is 31.4 Å². The molecule has 0 bridgehead atoms. The van der Waals surface area contributed by atoms with Gasteiger partial charge in [-0.05, 0) is 36.8 Å². The first kappa shape index (κ1) is 24.1. The number of hydrogen-bond acceptors (Lipinski definition) is 6. The number of aromatic nitrogens is 3. The molecule has 1 aromatic carbocycles. The van der Waals surface area contributed by atoms with Gasteiger partial charge in [0.15, 0.2) is 24.0 Å². The molecule has 14 heteroatoms. The predicted octanol–water partition coefficient (Wildman–Crippen LogP) is 4.49. The van der Waals surface area contributed by atoms with E-state index in [1.54, 1.807) is 0 Å². The number of thiophene rings is 1. The number of nitrogens with two attached hydrogens (primary N) is 1. The molecule has 3 aromatic heterocycles. The molecule has 0 aliphatic rings. The van der Waals surface area contributed by atoms with Crippen molar-refractivity contribution in [3.8, 4) is 5.75 Å². The van der Waals surface area contributed by atoms with Crippen LogP contribution >= 0.6 is 11.3 Å². The first-order valence-electron chi connectivity index (χ1n) is 9.68. The van der Waals surface area contributed by atoms with Crippen LogP contribution in [0.4, 0.5) is 27.6 Å². The van der Waals surface area contributed by atoms with Crippen molar-refractivity contribution in [1.82, 2.24) is 14.8 Å².